The van der Waals surface area contributed by atoms with Crippen LogP contribution in [0.15, 0.2) is 24.3 Å². The van der Waals surface area contributed by atoms with Gasteiger partial charge in [-0.3, -0.25) is 4.79 Å². The lowest BCUT2D eigenvalue weighted by Gasteiger charge is -2.24. The van der Waals surface area contributed by atoms with Crippen molar-refractivity contribution < 1.29 is 4.79 Å². The molecule has 0 aliphatic heterocycles. The van der Waals surface area contributed by atoms with Crippen molar-refractivity contribution in [3.05, 3.63) is 29.8 Å². The van der Waals surface area contributed by atoms with Crippen LogP contribution in [0.3, 0.4) is 0 Å². The summed E-state index contributed by atoms with van der Waals surface area (Å²) in [6.07, 6.45) is 0.817. The predicted molar refractivity (Wildman–Crippen MR) is 76.0 cm³/mol. The van der Waals surface area contributed by atoms with Crippen LogP contribution in [-0.4, -0.2) is 44.5 Å². The van der Waals surface area contributed by atoms with Crippen LogP contribution in [0.25, 0.3) is 0 Å². The summed E-state index contributed by atoms with van der Waals surface area (Å²) >= 11 is 0. The number of rotatable bonds is 5. The zero-order valence-electron chi connectivity index (χ0n) is 11.7. The van der Waals surface area contributed by atoms with Gasteiger partial charge in [-0.05, 0) is 44.2 Å². The molecular formula is C14H23N3O. The summed E-state index contributed by atoms with van der Waals surface area (Å²) in [4.78, 5) is 16.0. The Morgan fingerprint density at radius 3 is 2.22 bits per heavy atom. The Morgan fingerprint density at radius 1 is 1.22 bits per heavy atom. The van der Waals surface area contributed by atoms with Crippen molar-refractivity contribution in [1.82, 2.24) is 4.90 Å². The van der Waals surface area contributed by atoms with Gasteiger partial charge in [-0.25, -0.2) is 0 Å². The maximum atomic E-state index is 12.2. The molecule has 0 aliphatic rings. The molecule has 1 aromatic carbocycles. The van der Waals surface area contributed by atoms with Crippen LogP contribution in [0.1, 0.15) is 23.7 Å². The standard InChI is InChI=1S/C14H23N3O/c1-11(9-10-15)17(4)14(18)12-5-7-13(8-6-12)16(2)3/h5-8,11H,9-10,15H2,1-4H3. The van der Waals surface area contributed by atoms with Crippen LogP contribution >= 0.6 is 0 Å². The highest BCUT2D eigenvalue weighted by atomic mass is 16.2. The van der Waals surface area contributed by atoms with E-state index in [9.17, 15) is 4.79 Å². The summed E-state index contributed by atoms with van der Waals surface area (Å²) in [6, 6.07) is 7.80. The van der Waals surface area contributed by atoms with E-state index in [1.807, 2.05) is 57.2 Å². The third kappa shape index (κ3) is 3.47. The maximum absolute atomic E-state index is 12.2. The smallest absolute Gasteiger partial charge is 0.253 e. The van der Waals surface area contributed by atoms with Crippen LogP contribution in [0.5, 0.6) is 0 Å². The first-order valence-corrected chi connectivity index (χ1v) is 6.22. The van der Waals surface area contributed by atoms with Gasteiger partial charge in [-0.2, -0.15) is 0 Å². The number of amides is 1. The van der Waals surface area contributed by atoms with Gasteiger partial charge in [-0.15, -0.1) is 0 Å². The topological polar surface area (TPSA) is 49.6 Å². The fourth-order valence-electron chi connectivity index (χ4n) is 1.74. The van der Waals surface area contributed by atoms with Gasteiger partial charge in [0.05, 0.1) is 0 Å². The maximum Gasteiger partial charge on any atom is 0.253 e. The van der Waals surface area contributed by atoms with Gasteiger partial charge in [0, 0.05) is 38.4 Å². The van der Waals surface area contributed by atoms with E-state index in [4.69, 9.17) is 5.73 Å². The molecule has 0 fully saturated rings. The number of carbonyl (C=O) groups excluding carboxylic acids is 1. The van der Waals surface area contributed by atoms with Gasteiger partial charge in [-0.1, -0.05) is 0 Å². The Kier molecular flexibility index (Phi) is 5.16. The van der Waals surface area contributed by atoms with Gasteiger partial charge >= 0.3 is 0 Å². The molecule has 0 spiro atoms. The number of hydrogen-bond acceptors (Lipinski definition) is 3. The number of nitrogens with zero attached hydrogens (tertiary/aromatic N) is 2. The number of anilines is 1. The number of hydrogen-bond donors (Lipinski definition) is 1. The van der Waals surface area contributed by atoms with Crippen molar-refractivity contribution in [3.63, 3.8) is 0 Å². The second-order valence-corrected chi connectivity index (χ2v) is 4.78. The summed E-state index contributed by atoms with van der Waals surface area (Å²) in [5.74, 6) is 0.0428. The number of carbonyl (C=O) groups is 1. The second-order valence-electron chi connectivity index (χ2n) is 4.78. The molecule has 4 nitrogen and oxygen atoms in total. The lowest BCUT2D eigenvalue weighted by molar-refractivity contribution is 0.0739. The summed E-state index contributed by atoms with van der Waals surface area (Å²) in [6.45, 7) is 2.61. The lowest BCUT2D eigenvalue weighted by atomic mass is 10.1. The summed E-state index contributed by atoms with van der Waals surface area (Å²) in [5.41, 5.74) is 7.32. The predicted octanol–water partition coefficient (Wildman–Crippen LogP) is 1.56. The third-order valence-electron chi connectivity index (χ3n) is 3.20. The van der Waals surface area contributed by atoms with Crippen molar-refractivity contribution >= 4 is 11.6 Å². The average molecular weight is 249 g/mol. The summed E-state index contributed by atoms with van der Waals surface area (Å²) < 4.78 is 0. The van der Waals surface area contributed by atoms with E-state index in [2.05, 4.69) is 0 Å². The first-order valence-electron chi connectivity index (χ1n) is 6.22. The molecule has 0 heterocycles. The van der Waals surface area contributed by atoms with E-state index in [0.29, 0.717) is 12.1 Å². The van der Waals surface area contributed by atoms with E-state index >= 15 is 0 Å². The molecule has 0 aromatic heterocycles. The number of nitrogens with two attached hydrogens (primary N) is 1. The molecular weight excluding hydrogens is 226 g/mol. The molecule has 1 aromatic rings. The van der Waals surface area contributed by atoms with Gasteiger partial charge < -0.3 is 15.5 Å². The lowest BCUT2D eigenvalue weighted by Crippen LogP contribution is -2.36. The van der Waals surface area contributed by atoms with Crippen LogP contribution in [0.4, 0.5) is 5.69 Å². The fourth-order valence-corrected chi connectivity index (χ4v) is 1.74. The molecule has 0 aliphatic carbocycles. The molecule has 1 amide bonds. The molecule has 0 radical (unpaired) electrons. The zero-order valence-corrected chi connectivity index (χ0v) is 11.7. The molecule has 0 bridgehead atoms. The highest BCUT2D eigenvalue weighted by molar-refractivity contribution is 5.94. The Labute approximate surface area is 109 Å². The van der Waals surface area contributed by atoms with Crippen LogP contribution in [0.2, 0.25) is 0 Å². The molecule has 0 saturated carbocycles. The molecule has 4 heteroatoms. The molecule has 100 valence electrons. The Hall–Kier alpha value is -1.55. The second kappa shape index (κ2) is 6.40. The van der Waals surface area contributed by atoms with Gasteiger partial charge in [0.25, 0.3) is 5.91 Å². The van der Waals surface area contributed by atoms with E-state index in [1.165, 1.54) is 0 Å². The first-order chi connectivity index (χ1) is 8.47. The zero-order chi connectivity index (χ0) is 13.7. The number of benzene rings is 1. The Bertz CT molecular complexity index is 387. The molecule has 0 saturated heterocycles. The quantitative estimate of drug-likeness (QED) is 0.861. The van der Waals surface area contributed by atoms with Crippen molar-refractivity contribution in [3.8, 4) is 0 Å². The van der Waals surface area contributed by atoms with Gasteiger partial charge in [0.1, 0.15) is 0 Å². The minimum atomic E-state index is 0.0428. The minimum Gasteiger partial charge on any atom is -0.378 e. The van der Waals surface area contributed by atoms with Crippen LogP contribution < -0.4 is 10.6 Å². The largest absolute Gasteiger partial charge is 0.378 e. The van der Waals surface area contributed by atoms with Crippen LogP contribution in [0, 0.1) is 0 Å². The van der Waals surface area contributed by atoms with Crippen molar-refractivity contribution in [2.24, 2.45) is 5.73 Å². The SMILES string of the molecule is CC(CCN)N(C)C(=O)c1ccc(N(C)C)cc1. The molecule has 1 rings (SSSR count). The molecule has 1 atom stereocenters. The highest BCUT2D eigenvalue weighted by Gasteiger charge is 2.16. The minimum absolute atomic E-state index is 0.0428. The van der Waals surface area contributed by atoms with Gasteiger partial charge in [0.15, 0.2) is 0 Å². The Balaban J connectivity index is 2.77. The van der Waals surface area contributed by atoms with Gasteiger partial charge in [0.2, 0.25) is 0 Å². The van der Waals surface area contributed by atoms with Crippen LogP contribution in [-0.2, 0) is 0 Å². The Morgan fingerprint density at radius 2 is 1.78 bits per heavy atom. The van der Waals surface area contributed by atoms with E-state index < -0.39 is 0 Å². The summed E-state index contributed by atoms with van der Waals surface area (Å²) in [5, 5.41) is 0. The van der Waals surface area contributed by atoms with E-state index in [-0.39, 0.29) is 11.9 Å². The molecule has 1 unspecified atom stereocenters. The third-order valence-corrected chi connectivity index (χ3v) is 3.20. The van der Waals surface area contributed by atoms with Crippen molar-refractivity contribution in [2.45, 2.75) is 19.4 Å². The van der Waals surface area contributed by atoms with Crippen molar-refractivity contribution in [2.75, 3.05) is 32.6 Å². The highest BCUT2D eigenvalue weighted by Crippen LogP contribution is 2.14. The van der Waals surface area contributed by atoms with E-state index in [1.54, 1.807) is 4.90 Å². The normalized spacial score (nSPS) is 12.1. The first kappa shape index (κ1) is 14.5. The fraction of sp³-hybridized carbons (Fsp3) is 0.500. The monoisotopic (exact) mass is 249 g/mol. The summed E-state index contributed by atoms with van der Waals surface area (Å²) in [7, 11) is 5.78. The van der Waals surface area contributed by atoms with E-state index in [0.717, 1.165) is 12.1 Å². The average Bonchev–Trinajstić information content (AvgIpc) is 2.37. The van der Waals surface area contributed by atoms with Crippen molar-refractivity contribution in [1.29, 1.82) is 0 Å². The molecule has 2 N–H and O–H groups in total. The molecule has 18 heavy (non-hydrogen) atoms.